The standard InChI is InChI=1S/C9H21NS/c1-4-11-8-6-9(2)5-7-10-3/h9-10H,4-8H2,1-3H3. The Morgan fingerprint density at radius 2 is 2.09 bits per heavy atom. The molecule has 0 bridgehead atoms. The van der Waals surface area contributed by atoms with E-state index in [0.717, 1.165) is 12.5 Å². The molecule has 0 saturated heterocycles. The Balaban J connectivity index is 3.02. The van der Waals surface area contributed by atoms with Crippen molar-refractivity contribution in [3.63, 3.8) is 0 Å². The lowest BCUT2D eigenvalue weighted by atomic mass is 10.1. The molecule has 0 amide bonds. The van der Waals surface area contributed by atoms with Crippen LogP contribution in [0.1, 0.15) is 26.7 Å². The normalized spacial score (nSPS) is 13.4. The van der Waals surface area contributed by atoms with Gasteiger partial charge in [0, 0.05) is 0 Å². The number of hydrogen-bond donors (Lipinski definition) is 1. The highest BCUT2D eigenvalue weighted by atomic mass is 32.2. The van der Waals surface area contributed by atoms with Crippen molar-refractivity contribution in [2.75, 3.05) is 25.1 Å². The molecule has 0 heterocycles. The largest absolute Gasteiger partial charge is 0.320 e. The molecule has 1 unspecified atom stereocenters. The minimum atomic E-state index is 0.890. The Labute approximate surface area is 75.3 Å². The molecule has 0 spiro atoms. The molecule has 0 fully saturated rings. The first-order chi connectivity index (χ1) is 5.31. The second-order valence-corrected chi connectivity index (χ2v) is 4.38. The van der Waals surface area contributed by atoms with Gasteiger partial charge >= 0.3 is 0 Å². The summed E-state index contributed by atoms with van der Waals surface area (Å²) >= 11 is 2.05. The van der Waals surface area contributed by atoms with Crippen LogP contribution in [0.4, 0.5) is 0 Å². The molecule has 0 aromatic heterocycles. The molecule has 0 radical (unpaired) electrons. The number of thioether (sulfide) groups is 1. The predicted octanol–water partition coefficient (Wildman–Crippen LogP) is 2.38. The van der Waals surface area contributed by atoms with E-state index in [1.165, 1.54) is 24.3 Å². The molecule has 0 aliphatic heterocycles. The number of rotatable bonds is 7. The highest BCUT2D eigenvalue weighted by molar-refractivity contribution is 7.99. The maximum Gasteiger partial charge on any atom is -0.00494 e. The Hall–Kier alpha value is 0.310. The average molecular weight is 175 g/mol. The molecular formula is C9H21NS. The van der Waals surface area contributed by atoms with Gasteiger partial charge < -0.3 is 5.32 Å². The molecule has 11 heavy (non-hydrogen) atoms. The lowest BCUT2D eigenvalue weighted by molar-refractivity contribution is 0.506. The van der Waals surface area contributed by atoms with E-state index in [2.05, 4.69) is 19.2 Å². The number of nitrogens with one attached hydrogen (secondary N) is 1. The monoisotopic (exact) mass is 175 g/mol. The van der Waals surface area contributed by atoms with Crippen molar-refractivity contribution < 1.29 is 0 Å². The van der Waals surface area contributed by atoms with E-state index in [4.69, 9.17) is 0 Å². The molecule has 0 aromatic rings. The van der Waals surface area contributed by atoms with E-state index in [0.29, 0.717) is 0 Å². The van der Waals surface area contributed by atoms with Crippen LogP contribution in [0.15, 0.2) is 0 Å². The SMILES string of the molecule is CCSCCC(C)CCNC. The summed E-state index contributed by atoms with van der Waals surface area (Å²) in [5, 5.41) is 3.18. The first-order valence-electron chi connectivity index (χ1n) is 4.53. The topological polar surface area (TPSA) is 12.0 Å². The smallest absolute Gasteiger partial charge is 0.00494 e. The fraction of sp³-hybridized carbons (Fsp3) is 1.00. The fourth-order valence-electron chi connectivity index (χ4n) is 0.964. The van der Waals surface area contributed by atoms with Crippen LogP contribution in [0.3, 0.4) is 0 Å². The van der Waals surface area contributed by atoms with Crippen LogP contribution in [0.5, 0.6) is 0 Å². The molecule has 0 aromatic carbocycles. The highest BCUT2D eigenvalue weighted by Crippen LogP contribution is 2.11. The van der Waals surface area contributed by atoms with Gasteiger partial charge in [0.05, 0.1) is 0 Å². The summed E-state index contributed by atoms with van der Waals surface area (Å²) in [6.45, 7) is 5.73. The van der Waals surface area contributed by atoms with Crippen molar-refractivity contribution in [2.24, 2.45) is 5.92 Å². The van der Waals surface area contributed by atoms with Crippen LogP contribution < -0.4 is 5.32 Å². The van der Waals surface area contributed by atoms with Crippen molar-refractivity contribution in [3.05, 3.63) is 0 Å². The summed E-state index contributed by atoms with van der Waals surface area (Å²) in [5.74, 6) is 3.49. The predicted molar refractivity (Wildman–Crippen MR) is 55.3 cm³/mol. The van der Waals surface area contributed by atoms with E-state index < -0.39 is 0 Å². The van der Waals surface area contributed by atoms with Crippen LogP contribution in [0.2, 0.25) is 0 Å². The Kier molecular flexibility index (Phi) is 8.64. The van der Waals surface area contributed by atoms with E-state index in [1.807, 2.05) is 18.8 Å². The lowest BCUT2D eigenvalue weighted by Crippen LogP contribution is -2.11. The van der Waals surface area contributed by atoms with Gasteiger partial charge in [0.1, 0.15) is 0 Å². The molecule has 0 aliphatic carbocycles. The maximum absolute atomic E-state index is 3.18. The Morgan fingerprint density at radius 3 is 2.64 bits per heavy atom. The second-order valence-electron chi connectivity index (χ2n) is 2.98. The van der Waals surface area contributed by atoms with E-state index in [1.54, 1.807) is 0 Å². The van der Waals surface area contributed by atoms with Gasteiger partial charge in [-0.15, -0.1) is 0 Å². The molecular weight excluding hydrogens is 154 g/mol. The van der Waals surface area contributed by atoms with E-state index >= 15 is 0 Å². The van der Waals surface area contributed by atoms with Gasteiger partial charge in [0.25, 0.3) is 0 Å². The van der Waals surface area contributed by atoms with Crippen LogP contribution in [0.25, 0.3) is 0 Å². The van der Waals surface area contributed by atoms with Gasteiger partial charge in [-0.1, -0.05) is 13.8 Å². The second kappa shape index (κ2) is 8.41. The first-order valence-corrected chi connectivity index (χ1v) is 5.69. The molecule has 0 rings (SSSR count). The third-order valence-corrected chi connectivity index (χ3v) is 2.78. The van der Waals surface area contributed by atoms with Crippen LogP contribution >= 0.6 is 11.8 Å². The van der Waals surface area contributed by atoms with Gasteiger partial charge in [0.15, 0.2) is 0 Å². The maximum atomic E-state index is 3.18. The zero-order valence-corrected chi connectivity index (χ0v) is 8.84. The molecule has 1 nitrogen and oxygen atoms in total. The lowest BCUT2D eigenvalue weighted by Gasteiger charge is -2.09. The van der Waals surface area contributed by atoms with Gasteiger partial charge in [-0.2, -0.15) is 11.8 Å². The average Bonchev–Trinajstić information content (AvgIpc) is 2.01. The van der Waals surface area contributed by atoms with E-state index in [-0.39, 0.29) is 0 Å². The molecule has 1 atom stereocenters. The summed E-state index contributed by atoms with van der Waals surface area (Å²) in [6, 6.07) is 0. The van der Waals surface area contributed by atoms with Crippen LogP contribution in [0, 0.1) is 5.92 Å². The summed E-state index contributed by atoms with van der Waals surface area (Å²) < 4.78 is 0. The fourth-order valence-corrected chi connectivity index (χ4v) is 1.82. The first kappa shape index (κ1) is 11.3. The molecule has 0 saturated carbocycles. The zero-order valence-electron chi connectivity index (χ0n) is 8.02. The van der Waals surface area contributed by atoms with Crippen molar-refractivity contribution in [3.8, 4) is 0 Å². The minimum Gasteiger partial charge on any atom is -0.320 e. The quantitative estimate of drug-likeness (QED) is 0.596. The van der Waals surface area contributed by atoms with Crippen molar-refractivity contribution in [1.29, 1.82) is 0 Å². The number of hydrogen-bond acceptors (Lipinski definition) is 2. The summed E-state index contributed by atoms with van der Waals surface area (Å²) in [4.78, 5) is 0. The van der Waals surface area contributed by atoms with Gasteiger partial charge in [-0.3, -0.25) is 0 Å². The van der Waals surface area contributed by atoms with Crippen LogP contribution in [-0.2, 0) is 0 Å². The summed E-state index contributed by atoms with van der Waals surface area (Å²) in [6.07, 6.45) is 2.70. The van der Waals surface area contributed by atoms with Crippen molar-refractivity contribution in [1.82, 2.24) is 5.32 Å². The van der Waals surface area contributed by atoms with Crippen molar-refractivity contribution in [2.45, 2.75) is 26.7 Å². The molecule has 1 N–H and O–H groups in total. The Bertz CT molecular complexity index is 76.0. The molecule has 2 heteroatoms. The highest BCUT2D eigenvalue weighted by Gasteiger charge is 1.99. The zero-order chi connectivity index (χ0) is 8.53. The molecule has 68 valence electrons. The minimum absolute atomic E-state index is 0.890. The summed E-state index contributed by atoms with van der Waals surface area (Å²) in [7, 11) is 2.02. The third-order valence-electron chi connectivity index (χ3n) is 1.85. The van der Waals surface area contributed by atoms with Gasteiger partial charge in [-0.25, -0.2) is 0 Å². The third kappa shape index (κ3) is 8.21. The molecule has 0 aliphatic rings. The van der Waals surface area contributed by atoms with Gasteiger partial charge in [-0.05, 0) is 43.9 Å². The Morgan fingerprint density at radius 1 is 1.36 bits per heavy atom. The summed E-state index contributed by atoms with van der Waals surface area (Å²) in [5.41, 5.74) is 0. The van der Waals surface area contributed by atoms with E-state index in [9.17, 15) is 0 Å². The van der Waals surface area contributed by atoms with Crippen molar-refractivity contribution >= 4 is 11.8 Å². The van der Waals surface area contributed by atoms with Crippen LogP contribution in [-0.4, -0.2) is 25.1 Å². The van der Waals surface area contributed by atoms with Gasteiger partial charge in [0.2, 0.25) is 0 Å².